The van der Waals surface area contributed by atoms with Crippen LogP contribution in [0.2, 0.25) is 0 Å². The first-order valence-electron chi connectivity index (χ1n) is 7.31. The van der Waals surface area contributed by atoms with E-state index in [1.54, 1.807) is 23.3 Å². The van der Waals surface area contributed by atoms with Crippen LogP contribution in [-0.4, -0.2) is 41.1 Å². The minimum atomic E-state index is -0.440. The molecule has 120 valence electrons. The number of benzene rings is 1. The molecule has 1 aromatic carbocycles. The number of carbonyl (C=O) groups excluding carboxylic acids is 1. The zero-order chi connectivity index (χ0) is 16.3. The van der Waals surface area contributed by atoms with Gasteiger partial charge in [-0.3, -0.25) is 14.9 Å². The van der Waals surface area contributed by atoms with Crippen LogP contribution in [-0.2, 0) is 0 Å². The molecule has 1 heterocycles. The highest BCUT2D eigenvalue weighted by Crippen LogP contribution is 2.29. The van der Waals surface area contributed by atoms with Gasteiger partial charge in [0.1, 0.15) is 0 Å². The Balaban J connectivity index is 2.13. The number of nitrogens with two attached hydrogens (primary N) is 1. The Morgan fingerprint density at radius 3 is 2.59 bits per heavy atom. The van der Waals surface area contributed by atoms with Crippen LogP contribution in [0.1, 0.15) is 30.1 Å². The molecule has 1 saturated heterocycles. The largest absolute Gasteiger partial charge is 0.339 e. The number of carbonyl (C=O) groups is 1. The lowest BCUT2D eigenvalue weighted by Gasteiger charge is -2.33. The van der Waals surface area contributed by atoms with Crippen molar-refractivity contribution < 1.29 is 9.72 Å². The second-order valence-electron chi connectivity index (χ2n) is 5.63. The second kappa shape index (κ2) is 7.11. The van der Waals surface area contributed by atoms with E-state index < -0.39 is 4.92 Å². The fraction of sp³-hybridized carbons (Fsp3) is 0.533. The molecule has 0 spiro atoms. The number of thioether (sulfide) groups is 1. The van der Waals surface area contributed by atoms with Crippen LogP contribution in [0.5, 0.6) is 0 Å². The molecule has 1 unspecified atom stereocenters. The number of nitro benzene ring substituents is 1. The maximum absolute atomic E-state index is 12.5. The molecule has 1 aliphatic rings. The maximum Gasteiger partial charge on any atom is 0.283 e. The predicted octanol–water partition coefficient (Wildman–Crippen LogP) is 2.52. The fourth-order valence-electron chi connectivity index (χ4n) is 2.78. The summed E-state index contributed by atoms with van der Waals surface area (Å²) >= 11 is 1.30. The van der Waals surface area contributed by atoms with Crippen molar-refractivity contribution in [2.24, 2.45) is 11.7 Å². The Morgan fingerprint density at radius 2 is 2.09 bits per heavy atom. The number of hydrogen-bond donors (Lipinski definition) is 1. The molecule has 0 saturated carbocycles. The van der Waals surface area contributed by atoms with E-state index in [1.165, 1.54) is 17.8 Å². The molecule has 1 amide bonds. The zero-order valence-corrected chi connectivity index (χ0v) is 13.6. The van der Waals surface area contributed by atoms with Crippen molar-refractivity contribution in [2.75, 3.05) is 19.3 Å². The molecule has 7 heteroatoms. The van der Waals surface area contributed by atoms with Gasteiger partial charge in [-0.25, -0.2) is 0 Å². The quantitative estimate of drug-likeness (QED) is 0.522. The topological polar surface area (TPSA) is 89.5 Å². The Morgan fingerprint density at radius 1 is 1.45 bits per heavy atom. The van der Waals surface area contributed by atoms with Crippen LogP contribution < -0.4 is 5.73 Å². The number of amides is 1. The molecule has 22 heavy (non-hydrogen) atoms. The van der Waals surface area contributed by atoms with Gasteiger partial charge in [0.25, 0.3) is 11.6 Å². The van der Waals surface area contributed by atoms with Crippen molar-refractivity contribution in [1.29, 1.82) is 0 Å². The lowest BCUT2D eigenvalue weighted by molar-refractivity contribution is -0.387. The van der Waals surface area contributed by atoms with Crippen LogP contribution in [0.3, 0.4) is 0 Å². The first-order chi connectivity index (χ1) is 10.4. The number of nitro groups is 1. The standard InChI is InChI=1S/C15H21N3O3S/c1-10(16)11-5-7-17(8-6-11)15(19)12-3-4-14(22-2)13(9-12)18(20)21/h3-4,9-11H,5-8,16H2,1-2H3. The van der Waals surface area contributed by atoms with E-state index in [2.05, 4.69) is 0 Å². The molecule has 0 aromatic heterocycles. The number of piperidine rings is 1. The van der Waals surface area contributed by atoms with E-state index >= 15 is 0 Å². The average molecular weight is 323 g/mol. The first-order valence-corrected chi connectivity index (χ1v) is 8.53. The summed E-state index contributed by atoms with van der Waals surface area (Å²) in [5.41, 5.74) is 6.27. The van der Waals surface area contributed by atoms with Gasteiger partial charge in [-0.05, 0) is 44.1 Å². The summed E-state index contributed by atoms with van der Waals surface area (Å²) in [4.78, 5) is 25.5. The molecule has 0 radical (unpaired) electrons. The number of nitrogens with zero attached hydrogens (tertiary/aromatic N) is 2. The Hall–Kier alpha value is -1.60. The van der Waals surface area contributed by atoms with Gasteiger partial charge in [0, 0.05) is 30.8 Å². The predicted molar refractivity (Wildman–Crippen MR) is 87.2 cm³/mol. The van der Waals surface area contributed by atoms with Crippen LogP contribution in [0.25, 0.3) is 0 Å². The van der Waals surface area contributed by atoms with Gasteiger partial charge in [-0.1, -0.05) is 0 Å². The van der Waals surface area contributed by atoms with Crippen molar-refractivity contribution in [3.63, 3.8) is 0 Å². The lowest BCUT2D eigenvalue weighted by Crippen LogP contribution is -2.42. The van der Waals surface area contributed by atoms with Gasteiger partial charge in [0.2, 0.25) is 0 Å². The Bertz CT molecular complexity index is 569. The molecule has 0 aliphatic carbocycles. The molecular formula is C15H21N3O3S. The molecule has 1 fully saturated rings. The number of likely N-dealkylation sites (tertiary alicyclic amines) is 1. The van der Waals surface area contributed by atoms with Crippen molar-refractivity contribution in [1.82, 2.24) is 4.90 Å². The third-order valence-corrected chi connectivity index (χ3v) is 4.98. The van der Waals surface area contributed by atoms with Gasteiger partial charge in [0.05, 0.1) is 9.82 Å². The van der Waals surface area contributed by atoms with Gasteiger partial charge in [-0.15, -0.1) is 11.8 Å². The zero-order valence-electron chi connectivity index (χ0n) is 12.8. The van der Waals surface area contributed by atoms with Crippen LogP contribution >= 0.6 is 11.8 Å². The molecule has 1 aliphatic heterocycles. The molecule has 2 N–H and O–H groups in total. The van der Waals surface area contributed by atoms with E-state index in [4.69, 9.17) is 5.73 Å². The molecule has 2 rings (SSSR count). The van der Waals surface area contributed by atoms with E-state index in [-0.39, 0.29) is 17.6 Å². The minimum Gasteiger partial charge on any atom is -0.339 e. The van der Waals surface area contributed by atoms with Crippen molar-refractivity contribution in [3.05, 3.63) is 33.9 Å². The molecule has 1 aromatic rings. The monoisotopic (exact) mass is 323 g/mol. The van der Waals surface area contributed by atoms with E-state index in [1.807, 2.05) is 6.92 Å². The summed E-state index contributed by atoms with van der Waals surface area (Å²) in [6.07, 6.45) is 3.55. The highest BCUT2D eigenvalue weighted by Gasteiger charge is 2.26. The summed E-state index contributed by atoms with van der Waals surface area (Å²) in [5.74, 6) is 0.302. The third kappa shape index (κ3) is 3.59. The summed E-state index contributed by atoms with van der Waals surface area (Å²) < 4.78 is 0. The van der Waals surface area contributed by atoms with E-state index in [9.17, 15) is 14.9 Å². The maximum atomic E-state index is 12.5. The normalized spacial score (nSPS) is 17.3. The lowest BCUT2D eigenvalue weighted by atomic mass is 9.90. The highest BCUT2D eigenvalue weighted by atomic mass is 32.2. The van der Waals surface area contributed by atoms with Crippen LogP contribution in [0, 0.1) is 16.0 Å². The SMILES string of the molecule is CSc1ccc(C(=O)N2CCC(C(C)N)CC2)cc1[N+](=O)[O-]. The molecule has 0 bridgehead atoms. The molecular weight excluding hydrogens is 302 g/mol. The van der Waals surface area contributed by atoms with Crippen molar-refractivity contribution in [3.8, 4) is 0 Å². The van der Waals surface area contributed by atoms with Gasteiger partial charge in [-0.2, -0.15) is 0 Å². The average Bonchev–Trinajstić information content (AvgIpc) is 2.53. The van der Waals surface area contributed by atoms with Gasteiger partial charge >= 0.3 is 0 Å². The number of hydrogen-bond acceptors (Lipinski definition) is 5. The summed E-state index contributed by atoms with van der Waals surface area (Å²) in [6, 6.07) is 4.83. The molecule has 6 nitrogen and oxygen atoms in total. The summed E-state index contributed by atoms with van der Waals surface area (Å²) in [7, 11) is 0. The first kappa shape index (κ1) is 16.8. The van der Waals surface area contributed by atoms with E-state index in [0.29, 0.717) is 29.5 Å². The number of rotatable bonds is 4. The second-order valence-corrected chi connectivity index (χ2v) is 6.48. The van der Waals surface area contributed by atoms with Crippen LogP contribution in [0.4, 0.5) is 5.69 Å². The van der Waals surface area contributed by atoms with Crippen molar-refractivity contribution in [2.45, 2.75) is 30.7 Å². The highest BCUT2D eigenvalue weighted by molar-refractivity contribution is 7.98. The minimum absolute atomic E-state index is 0.0104. The third-order valence-electron chi connectivity index (χ3n) is 4.19. The van der Waals surface area contributed by atoms with Gasteiger partial charge in [0.15, 0.2) is 0 Å². The Labute approximate surface area is 134 Å². The van der Waals surface area contributed by atoms with Gasteiger partial charge < -0.3 is 10.6 Å². The van der Waals surface area contributed by atoms with Crippen LogP contribution in [0.15, 0.2) is 23.1 Å². The van der Waals surface area contributed by atoms with E-state index in [0.717, 1.165) is 12.8 Å². The van der Waals surface area contributed by atoms with Crippen molar-refractivity contribution >= 4 is 23.4 Å². The Kier molecular flexibility index (Phi) is 5.42. The molecule has 1 atom stereocenters. The summed E-state index contributed by atoms with van der Waals surface area (Å²) in [6.45, 7) is 3.30. The fourth-order valence-corrected chi connectivity index (χ4v) is 3.32. The smallest absolute Gasteiger partial charge is 0.283 e. The summed E-state index contributed by atoms with van der Waals surface area (Å²) in [5, 5.41) is 11.1.